The number of amides is 1. The summed E-state index contributed by atoms with van der Waals surface area (Å²) in [5.41, 5.74) is 0.505. The van der Waals surface area contributed by atoms with Crippen molar-refractivity contribution in [2.45, 2.75) is 12.8 Å². The van der Waals surface area contributed by atoms with Crippen molar-refractivity contribution in [2.75, 3.05) is 26.2 Å². The first-order valence-electron chi connectivity index (χ1n) is 4.79. The Morgan fingerprint density at radius 3 is 2.42 bits per heavy atom. The molecule has 1 amide bonds. The van der Waals surface area contributed by atoms with Crippen LogP contribution in [0.25, 0.3) is 0 Å². The molecule has 2 saturated heterocycles. The number of hydrogen-bond donors (Lipinski definition) is 1. The van der Waals surface area contributed by atoms with Crippen LogP contribution in [0.4, 0.5) is 0 Å². The van der Waals surface area contributed by atoms with Crippen LogP contribution in [-0.4, -0.2) is 37.0 Å². The van der Waals surface area contributed by atoms with Crippen LogP contribution in [0.1, 0.15) is 12.8 Å². The first-order chi connectivity index (χ1) is 5.79. The lowest BCUT2D eigenvalue weighted by atomic mass is 9.74. The first kappa shape index (κ1) is 6.89. The molecule has 66 valence electrons. The predicted molar refractivity (Wildman–Crippen MR) is 44.6 cm³/mol. The van der Waals surface area contributed by atoms with Gasteiger partial charge in [0.2, 0.25) is 5.91 Å². The maximum absolute atomic E-state index is 11.5. The average molecular weight is 166 g/mol. The fourth-order valence-electron chi connectivity index (χ4n) is 2.21. The molecule has 3 nitrogen and oxygen atoms in total. The number of rotatable bonds is 1. The largest absolute Gasteiger partial charge is 0.341 e. The number of hydrogen-bond acceptors (Lipinski definition) is 2. The van der Waals surface area contributed by atoms with Crippen LogP contribution in [0.5, 0.6) is 0 Å². The van der Waals surface area contributed by atoms with E-state index in [1.165, 1.54) is 0 Å². The summed E-state index contributed by atoms with van der Waals surface area (Å²) in [6.45, 7) is 4.30. The van der Waals surface area contributed by atoms with Gasteiger partial charge in [0.15, 0.2) is 0 Å². The summed E-state index contributed by atoms with van der Waals surface area (Å²) >= 11 is 0. The number of carbonyl (C=O) groups is 1. The second kappa shape index (κ2) is 2.02. The SMILES string of the molecule is O=C(C1CC1)N1CC2(CNC2)C1. The Kier molecular flexibility index (Phi) is 1.16. The van der Waals surface area contributed by atoms with E-state index in [4.69, 9.17) is 0 Å². The van der Waals surface area contributed by atoms with Crippen LogP contribution >= 0.6 is 0 Å². The summed E-state index contributed by atoms with van der Waals surface area (Å²) in [5, 5.41) is 3.27. The fraction of sp³-hybridized carbons (Fsp3) is 0.889. The lowest BCUT2D eigenvalue weighted by Crippen LogP contribution is -2.72. The number of nitrogens with one attached hydrogen (secondary N) is 1. The molecule has 1 aliphatic carbocycles. The predicted octanol–water partition coefficient (Wildman–Crippen LogP) is -0.172. The quantitative estimate of drug-likeness (QED) is 0.586. The minimum Gasteiger partial charge on any atom is -0.341 e. The van der Waals surface area contributed by atoms with Crippen molar-refractivity contribution in [3.8, 4) is 0 Å². The first-order valence-corrected chi connectivity index (χ1v) is 4.79. The lowest BCUT2D eigenvalue weighted by Gasteiger charge is -2.56. The molecular formula is C9H14N2O. The minimum absolute atomic E-state index is 0.412. The van der Waals surface area contributed by atoms with E-state index in [1.54, 1.807) is 0 Å². The molecule has 1 spiro atoms. The molecule has 3 rings (SSSR count). The molecule has 3 fully saturated rings. The molecule has 12 heavy (non-hydrogen) atoms. The summed E-state index contributed by atoms with van der Waals surface area (Å²) in [6.07, 6.45) is 2.28. The zero-order chi connectivity index (χ0) is 8.18. The van der Waals surface area contributed by atoms with E-state index in [0.717, 1.165) is 39.0 Å². The van der Waals surface area contributed by atoms with Crippen molar-refractivity contribution in [2.24, 2.45) is 11.3 Å². The molecule has 3 heteroatoms. The van der Waals surface area contributed by atoms with E-state index in [0.29, 0.717) is 17.2 Å². The van der Waals surface area contributed by atoms with Gasteiger partial charge in [-0.1, -0.05) is 0 Å². The molecule has 1 N–H and O–H groups in total. The molecular weight excluding hydrogens is 152 g/mol. The van der Waals surface area contributed by atoms with Crippen molar-refractivity contribution in [3.63, 3.8) is 0 Å². The molecule has 2 heterocycles. The molecule has 2 aliphatic heterocycles. The van der Waals surface area contributed by atoms with Gasteiger partial charge in [0.05, 0.1) is 0 Å². The Labute approximate surface area is 72.1 Å². The molecule has 0 aromatic carbocycles. The molecule has 0 unspecified atom stereocenters. The van der Waals surface area contributed by atoms with Crippen LogP contribution in [0.2, 0.25) is 0 Å². The summed E-state index contributed by atoms with van der Waals surface area (Å²) in [6, 6.07) is 0. The Bertz CT molecular complexity index is 223. The highest BCUT2D eigenvalue weighted by Gasteiger charge is 2.51. The van der Waals surface area contributed by atoms with Crippen molar-refractivity contribution in [3.05, 3.63) is 0 Å². The van der Waals surface area contributed by atoms with Gasteiger partial charge >= 0.3 is 0 Å². The van der Waals surface area contributed by atoms with Crippen molar-refractivity contribution in [1.29, 1.82) is 0 Å². The van der Waals surface area contributed by atoms with E-state index in [-0.39, 0.29) is 0 Å². The highest BCUT2D eigenvalue weighted by Crippen LogP contribution is 2.39. The Morgan fingerprint density at radius 2 is 2.00 bits per heavy atom. The summed E-state index contributed by atoms with van der Waals surface area (Å²) in [4.78, 5) is 13.6. The summed E-state index contributed by atoms with van der Waals surface area (Å²) in [5.74, 6) is 0.836. The number of likely N-dealkylation sites (tertiary alicyclic amines) is 1. The topological polar surface area (TPSA) is 32.3 Å². The van der Waals surface area contributed by atoms with Crippen molar-refractivity contribution < 1.29 is 4.79 Å². The average Bonchev–Trinajstić information content (AvgIpc) is 2.59. The van der Waals surface area contributed by atoms with Crippen LogP contribution in [-0.2, 0) is 4.79 Å². The summed E-state index contributed by atoms with van der Waals surface area (Å²) in [7, 11) is 0. The smallest absolute Gasteiger partial charge is 0.225 e. The maximum atomic E-state index is 11.5. The van der Waals surface area contributed by atoms with Gasteiger partial charge in [0, 0.05) is 37.5 Å². The molecule has 3 aliphatic rings. The fourth-order valence-corrected chi connectivity index (χ4v) is 2.21. The molecule has 0 bridgehead atoms. The van der Waals surface area contributed by atoms with E-state index in [2.05, 4.69) is 5.32 Å². The molecule has 0 radical (unpaired) electrons. The lowest BCUT2D eigenvalue weighted by molar-refractivity contribution is -0.148. The van der Waals surface area contributed by atoms with Gasteiger partial charge in [-0.05, 0) is 12.8 Å². The Balaban J connectivity index is 1.57. The maximum Gasteiger partial charge on any atom is 0.225 e. The Morgan fingerprint density at radius 1 is 1.33 bits per heavy atom. The van der Waals surface area contributed by atoms with Gasteiger partial charge in [-0.2, -0.15) is 0 Å². The standard InChI is InChI=1S/C9H14N2O/c12-8(7-1-2-7)11-5-9(6-11)3-10-4-9/h7,10H,1-6H2. The minimum atomic E-state index is 0.412. The third kappa shape index (κ3) is 0.829. The second-order valence-electron chi connectivity index (χ2n) is 4.57. The van der Waals surface area contributed by atoms with Gasteiger partial charge < -0.3 is 10.2 Å². The van der Waals surface area contributed by atoms with E-state index >= 15 is 0 Å². The zero-order valence-electron chi connectivity index (χ0n) is 7.18. The van der Waals surface area contributed by atoms with E-state index in [9.17, 15) is 4.79 Å². The van der Waals surface area contributed by atoms with Crippen molar-refractivity contribution in [1.82, 2.24) is 10.2 Å². The second-order valence-corrected chi connectivity index (χ2v) is 4.57. The number of carbonyl (C=O) groups excluding carboxylic acids is 1. The van der Waals surface area contributed by atoms with Crippen LogP contribution < -0.4 is 5.32 Å². The van der Waals surface area contributed by atoms with Gasteiger partial charge in [-0.15, -0.1) is 0 Å². The monoisotopic (exact) mass is 166 g/mol. The van der Waals surface area contributed by atoms with Gasteiger partial charge in [0.25, 0.3) is 0 Å². The van der Waals surface area contributed by atoms with Crippen LogP contribution in [0.3, 0.4) is 0 Å². The molecule has 0 aromatic heterocycles. The third-order valence-electron chi connectivity index (χ3n) is 3.29. The van der Waals surface area contributed by atoms with Crippen LogP contribution in [0, 0.1) is 11.3 Å². The summed E-state index contributed by atoms with van der Waals surface area (Å²) < 4.78 is 0. The van der Waals surface area contributed by atoms with Crippen LogP contribution in [0.15, 0.2) is 0 Å². The Hall–Kier alpha value is -0.570. The van der Waals surface area contributed by atoms with E-state index < -0.39 is 0 Å². The highest BCUT2D eigenvalue weighted by atomic mass is 16.2. The van der Waals surface area contributed by atoms with Gasteiger partial charge in [-0.3, -0.25) is 4.79 Å². The van der Waals surface area contributed by atoms with Crippen molar-refractivity contribution >= 4 is 5.91 Å². The van der Waals surface area contributed by atoms with Gasteiger partial charge in [0.1, 0.15) is 0 Å². The van der Waals surface area contributed by atoms with E-state index in [1.807, 2.05) is 4.90 Å². The molecule has 0 aromatic rings. The third-order valence-corrected chi connectivity index (χ3v) is 3.29. The molecule has 0 atom stereocenters. The number of nitrogens with zero attached hydrogens (tertiary/aromatic N) is 1. The zero-order valence-corrected chi connectivity index (χ0v) is 7.18. The highest BCUT2D eigenvalue weighted by molar-refractivity contribution is 5.82. The molecule has 1 saturated carbocycles. The van der Waals surface area contributed by atoms with Gasteiger partial charge in [-0.25, -0.2) is 0 Å². The normalized spacial score (nSPS) is 31.2.